The number of hydrogen-bond acceptors (Lipinski definition) is 4. The summed E-state index contributed by atoms with van der Waals surface area (Å²) in [6.07, 6.45) is 3.87. The number of anilines is 1. The molecule has 0 aliphatic carbocycles. The molecule has 7 heteroatoms. The van der Waals surface area contributed by atoms with Crippen molar-refractivity contribution >= 4 is 57.5 Å². The maximum atomic E-state index is 13.5. The number of halogens is 2. The van der Waals surface area contributed by atoms with Crippen LogP contribution in [0.25, 0.3) is 6.08 Å². The van der Waals surface area contributed by atoms with Crippen molar-refractivity contribution in [1.29, 1.82) is 0 Å². The van der Waals surface area contributed by atoms with Crippen LogP contribution in [-0.4, -0.2) is 16.8 Å². The molecular weight excluding hydrogens is 379 g/mol. The molecule has 1 aromatic carbocycles. The number of nitrogens with zero attached hydrogens (tertiary/aromatic N) is 2. The van der Waals surface area contributed by atoms with Gasteiger partial charge in [-0.25, -0.2) is 9.38 Å². The van der Waals surface area contributed by atoms with Crippen LogP contribution in [0.1, 0.15) is 24.6 Å². The molecule has 1 aliphatic rings. The van der Waals surface area contributed by atoms with Gasteiger partial charge in [0.1, 0.15) is 11.5 Å². The van der Waals surface area contributed by atoms with Gasteiger partial charge >= 0.3 is 0 Å². The van der Waals surface area contributed by atoms with Crippen LogP contribution in [0, 0.1) is 5.82 Å². The van der Waals surface area contributed by atoms with E-state index in [0.29, 0.717) is 16.6 Å². The molecule has 0 bridgehead atoms. The van der Waals surface area contributed by atoms with E-state index in [9.17, 15) is 9.18 Å². The number of aliphatic imine (C=N–C) groups is 1. The molecule has 1 amide bonds. The molecule has 25 heavy (non-hydrogen) atoms. The van der Waals surface area contributed by atoms with E-state index in [-0.39, 0.29) is 10.9 Å². The summed E-state index contributed by atoms with van der Waals surface area (Å²) in [6, 6.07) is 8.12. The molecule has 0 N–H and O–H groups in total. The van der Waals surface area contributed by atoms with Crippen molar-refractivity contribution in [3.05, 3.63) is 57.1 Å². The molecule has 0 atom stereocenters. The summed E-state index contributed by atoms with van der Waals surface area (Å²) in [5.41, 5.74) is 0.899. The van der Waals surface area contributed by atoms with Crippen molar-refractivity contribution in [1.82, 2.24) is 0 Å². The summed E-state index contributed by atoms with van der Waals surface area (Å²) in [5, 5.41) is 2.53. The first-order valence-corrected chi connectivity index (χ1v) is 10.1. The van der Waals surface area contributed by atoms with Gasteiger partial charge in [-0.05, 0) is 42.1 Å². The Labute approximate surface area is 159 Å². The van der Waals surface area contributed by atoms with Gasteiger partial charge in [-0.15, -0.1) is 11.3 Å². The van der Waals surface area contributed by atoms with Gasteiger partial charge in [-0.3, -0.25) is 9.69 Å². The molecule has 3 rings (SSSR count). The summed E-state index contributed by atoms with van der Waals surface area (Å²) < 4.78 is 13.5. The number of benzene rings is 1. The molecule has 0 saturated carbocycles. The van der Waals surface area contributed by atoms with Gasteiger partial charge < -0.3 is 0 Å². The minimum absolute atomic E-state index is 0.0149. The standard InChI is InChI=1S/C18H16ClFN2OS2/c1-2-3-8-25-18-21-16(11-13-5-4-9-24-13)17(23)22(18)12-6-7-15(20)14(19)10-12/h4-7,9-11H,2-3,8H2,1H3. The van der Waals surface area contributed by atoms with E-state index >= 15 is 0 Å². The van der Waals surface area contributed by atoms with Crippen molar-refractivity contribution in [3.8, 4) is 0 Å². The van der Waals surface area contributed by atoms with Gasteiger partial charge in [-0.2, -0.15) is 0 Å². The van der Waals surface area contributed by atoms with Crippen LogP contribution in [0.5, 0.6) is 0 Å². The first-order chi connectivity index (χ1) is 12.1. The lowest BCUT2D eigenvalue weighted by Crippen LogP contribution is -2.30. The molecule has 1 aliphatic heterocycles. The Morgan fingerprint density at radius 3 is 2.92 bits per heavy atom. The molecular formula is C18H16ClFN2OS2. The second kappa shape index (κ2) is 8.17. The van der Waals surface area contributed by atoms with Gasteiger partial charge in [0.25, 0.3) is 5.91 Å². The van der Waals surface area contributed by atoms with Gasteiger partial charge in [0.15, 0.2) is 5.17 Å². The molecule has 0 spiro atoms. The quantitative estimate of drug-likeness (QED) is 0.473. The Morgan fingerprint density at radius 1 is 1.40 bits per heavy atom. The van der Waals surface area contributed by atoms with Crippen LogP contribution < -0.4 is 4.90 Å². The number of amides is 1. The highest BCUT2D eigenvalue weighted by Gasteiger charge is 2.32. The fourth-order valence-corrected chi connectivity index (χ4v) is 4.18. The molecule has 1 aromatic heterocycles. The van der Waals surface area contributed by atoms with E-state index in [1.165, 1.54) is 28.8 Å². The number of hydrogen-bond donors (Lipinski definition) is 0. The van der Waals surface area contributed by atoms with E-state index in [1.807, 2.05) is 17.5 Å². The Balaban J connectivity index is 1.95. The zero-order valence-corrected chi connectivity index (χ0v) is 15.9. The average Bonchev–Trinajstić information content (AvgIpc) is 3.20. The van der Waals surface area contributed by atoms with Crippen LogP contribution in [0.15, 0.2) is 46.4 Å². The second-order valence-electron chi connectivity index (χ2n) is 5.38. The average molecular weight is 395 g/mol. The van der Waals surface area contributed by atoms with Crippen molar-refractivity contribution in [3.63, 3.8) is 0 Å². The summed E-state index contributed by atoms with van der Waals surface area (Å²) in [4.78, 5) is 19.8. The fraction of sp³-hybridized carbons (Fsp3) is 0.222. The molecule has 2 heterocycles. The van der Waals surface area contributed by atoms with Crippen molar-refractivity contribution < 1.29 is 9.18 Å². The van der Waals surface area contributed by atoms with E-state index < -0.39 is 5.82 Å². The van der Waals surface area contributed by atoms with Crippen molar-refractivity contribution in [2.75, 3.05) is 10.7 Å². The number of thioether (sulfide) groups is 1. The maximum absolute atomic E-state index is 13.5. The molecule has 2 aromatic rings. The summed E-state index contributed by atoms with van der Waals surface area (Å²) in [6.45, 7) is 2.11. The largest absolute Gasteiger partial charge is 0.283 e. The Hall–Kier alpha value is -1.63. The van der Waals surface area contributed by atoms with Gasteiger partial charge in [0.05, 0.1) is 10.7 Å². The molecule has 0 radical (unpaired) electrons. The highest BCUT2D eigenvalue weighted by Crippen LogP contribution is 2.32. The van der Waals surface area contributed by atoms with Crippen LogP contribution in [0.2, 0.25) is 5.02 Å². The molecule has 0 unspecified atom stereocenters. The van der Waals surface area contributed by atoms with Crippen LogP contribution in [0.4, 0.5) is 10.1 Å². The normalized spacial score (nSPS) is 16.0. The van der Waals surface area contributed by atoms with Crippen LogP contribution in [0.3, 0.4) is 0 Å². The second-order valence-corrected chi connectivity index (χ2v) is 7.83. The third-order valence-corrected chi connectivity index (χ3v) is 5.68. The molecule has 3 nitrogen and oxygen atoms in total. The summed E-state index contributed by atoms with van der Waals surface area (Å²) in [7, 11) is 0. The molecule has 130 valence electrons. The topological polar surface area (TPSA) is 32.7 Å². The number of thiophene rings is 1. The number of unbranched alkanes of at least 4 members (excludes halogenated alkanes) is 1. The first kappa shape index (κ1) is 18.2. The van der Waals surface area contributed by atoms with Gasteiger partial charge in [0.2, 0.25) is 0 Å². The van der Waals surface area contributed by atoms with Gasteiger partial charge in [-0.1, -0.05) is 42.8 Å². The smallest absolute Gasteiger partial charge is 0.266 e. The minimum Gasteiger partial charge on any atom is -0.266 e. The van der Waals surface area contributed by atoms with E-state index in [4.69, 9.17) is 11.6 Å². The van der Waals surface area contributed by atoms with Crippen molar-refractivity contribution in [2.45, 2.75) is 19.8 Å². The maximum Gasteiger partial charge on any atom is 0.283 e. The van der Waals surface area contributed by atoms with E-state index in [2.05, 4.69) is 11.9 Å². The zero-order valence-electron chi connectivity index (χ0n) is 13.5. The van der Waals surface area contributed by atoms with Gasteiger partial charge in [0, 0.05) is 10.6 Å². The SMILES string of the molecule is CCCCSC1=NC(=Cc2cccs2)C(=O)N1c1ccc(F)c(Cl)c1. The third kappa shape index (κ3) is 4.14. The monoisotopic (exact) mass is 394 g/mol. The van der Waals surface area contributed by atoms with E-state index in [0.717, 1.165) is 23.5 Å². The fourth-order valence-electron chi connectivity index (χ4n) is 2.26. The lowest BCUT2D eigenvalue weighted by molar-refractivity contribution is -0.113. The molecule has 0 saturated heterocycles. The first-order valence-electron chi connectivity index (χ1n) is 7.86. The van der Waals surface area contributed by atoms with Crippen LogP contribution in [-0.2, 0) is 4.79 Å². The predicted molar refractivity (Wildman–Crippen MR) is 106 cm³/mol. The Morgan fingerprint density at radius 2 is 2.24 bits per heavy atom. The molecule has 0 fully saturated rings. The Bertz CT molecular complexity index is 834. The van der Waals surface area contributed by atoms with Crippen LogP contribution >= 0.6 is 34.7 Å². The highest BCUT2D eigenvalue weighted by molar-refractivity contribution is 8.14. The lowest BCUT2D eigenvalue weighted by atomic mass is 10.2. The lowest BCUT2D eigenvalue weighted by Gasteiger charge is -2.18. The minimum atomic E-state index is -0.511. The Kier molecular flexibility index (Phi) is 5.93. The summed E-state index contributed by atoms with van der Waals surface area (Å²) >= 11 is 8.96. The highest BCUT2D eigenvalue weighted by atomic mass is 35.5. The number of carbonyl (C=O) groups excluding carboxylic acids is 1. The third-order valence-electron chi connectivity index (χ3n) is 3.54. The summed E-state index contributed by atoms with van der Waals surface area (Å²) in [5.74, 6) is 0.124. The number of amidine groups is 1. The predicted octanol–water partition coefficient (Wildman–Crippen LogP) is 5.82. The number of rotatable bonds is 5. The van der Waals surface area contributed by atoms with E-state index in [1.54, 1.807) is 23.5 Å². The van der Waals surface area contributed by atoms with Crippen molar-refractivity contribution in [2.24, 2.45) is 4.99 Å². The number of carbonyl (C=O) groups is 1. The zero-order chi connectivity index (χ0) is 17.8.